The number of allylic oxidation sites excluding steroid dienone is 1. The smallest absolute Gasteiger partial charge is 0.394 e. The first-order valence-corrected chi connectivity index (χ1v) is 19.5. The van der Waals surface area contributed by atoms with E-state index >= 15 is 0 Å². The summed E-state index contributed by atoms with van der Waals surface area (Å²) in [7, 11) is -5.10. The van der Waals surface area contributed by atoms with E-state index in [-0.39, 0.29) is 6.42 Å². The molecule has 48 heavy (non-hydrogen) atoms. The van der Waals surface area contributed by atoms with Gasteiger partial charge in [0, 0.05) is 0 Å². The SMILES string of the molecule is CCCCCCCC/C=C/C(O)C(COC1OC(CO)C(O)C(OS(=O)(=O)O)C1O)NC(=O)C(O)CCCCCCCCCCCCC. The van der Waals surface area contributed by atoms with Gasteiger partial charge in [-0.1, -0.05) is 129 Å². The van der Waals surface area contributed by atoms with E-state index in [1.165, 1.54) is 63.9 Å². The third-order valence-corrected chi connectivity index (χ3v) is 9.14. The van der Waals surface area contributed by atoms with Gasteiger partial charge in [0.2, 0.25) is 5.91 Å². The molecule has 0 aromatic rings. The monoisotopic (exact) mass is 711 g/mol. The molecule has 0 bridgehead atoms. The van der Waals surface area contributed by atoms with Crippen molar-refractivity contribution in [3.63, 3.8) is 0 Å². The topological polar surface area (TPSA) is 212 Å². The first-order valence-electron chi connectivity index (χ1n) is 18.2. The van der Waals surface area contributed by atoms with E-state index in [1.54, 1.807) is 6.08 Å². The van der Waals surface area contributed by atoms with Crippen LogP contribution in [0.1, 0.15) is 136 Å². The lowest BCUT2D eigenvalue weighted by molar-refractivity contribution is -0.298. The lowest BCUT2D eigenvalue weighted by Gasteiger charge is -2.41. The molecule has 0 radical (unpaired) electrons. The Bertz CT molecular complexity index is 952. The van der Waals surface area contributed by atoms with Gasteiger partial charge in [-0.2, -0.15) is 8.42 Å². The van der Waals surface area contributed by atoms with Crippen molar-refractivity contribution in [3.05, 3.63) is 12.2 Å². The molecule has 0 aliphatic carbocycles. The molecule has 14 heteroatoms. The maximum absolute atomic E-state index is 12.9. The number of aliphatic hydroxyl groups is 5. The molecule has 13 nitrogen and oxygen atoms in total. The van der Waals surface area contributed by atoms with E-state index in [0.29, 0.717) is 12.8 Å². The number of nitrogens with one attached hydrogen (secondary N) is 1. The highest BCUT2D eigenvalue weighted by molar-refractivity contribution is 7.80. The summed E-state index contributed by atoms with van der Waals surface area (Å²) in [5.74, 6) is -0.708. The first-order chi connectivity index (χ1) is 22.9. The molecule has 0 spiro atoms. The number of aliphatic hydroxyl groups excluding tert-OH is 5. The Kier molecular flexibility index (Phi) is 24.8. The van der Waals surface area contributed by atoms with Crippen molar-refractivity contribution in [2.75, 3.05) is 13.2 Å². The molecule has 8 atom stereocenters. The highest BCUT2D eigenvalue weighted by atomic mass is 32.3. The van der Waals surface area contributed by atoms with Crippen LogP contribution in [0.3, 0.4) is 0 Å². The third-order valence-electron chi connectivity index (χ3n) is 8.68. The summed E-state index contributed by atoms with van der Waals surface area (Å²) in [6.45, 7) is 3.10. The van der Waals surface area contributed by atoms with Crippen LogP contribution >= 0.6 is 0 Å². The maximum Gasteiger partial charge on any atom is 0.397 e. The lowest BCUT2D eigenvalue weighted by Crippen LogP contribution is -2.61. The number of carbonyl (C=O) groups excluding carboxylic acids is 1. The van der Waals surface area contributed by atoms with Gasteiger partial charge in [-0.15, -0.1) is 0 Å². The molecular weight excluding hydrogens is 646 g/mol. The molecule has 7 N–H and O–H groups in total. The molecule has 0 aromatic carbocycles. The lowest BCUT2D eigenvalue weighted by atomic mass is 9.99. The average Bonchev–Trinajstić information content (AvgIpc) is 3.05. The molecule has 1 saturated heterocycles. The van der Waals surface area contributed by atoms with Gasteiger partial charge in [-0.05, 0) is 19.3 Å². The van der Waals surface area contributed by atoms with Crippen molar-refractivity contribution in [1.82, 2.24) is 5.32 Å². The van der Waals surface area contributed by atoms with E-state index in [1.807, 2.05) is 0 Å². The second kappa shape index (κ2) is 26.6. The zero-order valence-electron chi connectivity index (χ0n) is 29.2. The minimum absolute atomic E-state index is 0.246. The van der Waals surface area contributed by atoms with Gasteiger partial charge in [-0.3, -0.25) is 9.35 Å². The number of hydrogen-bond donors (Lipinski definition) is 7. The van der Waals surface area contributed by atoms with Crippen molar-refractivity contribution in [3.8, 4) is 0 Å². The molecule has 1 rings (SSSR count). The maximum atomic E-state index is 12.9. The quantitative estimate of drug-likeness (QED) is 0.0335. The Labute approximate surface area is 288 Å². The summed E-state index contributed by atoms with van der Waals surface area (Å²) in [5.41, 5.74) is 0. The molecule has 1 fully saturated rings. The minimum Gasteiger partial charge on any atom is -0.394 e. The van der Waals surface area contributed by atoms with Crippen LogP contribution in [0.25, 0.3) is 0 Å². The largest absolute Gasteiger partial charge is 0.397 e. The fraction of sp³-hybridized carbons (Fsp3) is 0.912. The van der Waals surface area contributed by atoms with E-state index in [2.05, 4.69) is 23.3 Å². The summed E-state index contributed by atoms with van der Waals surface area (Å²) < 4.78 is 47.1. The van der Waals surface area contributed by atoms with Gasteiger partial charge >= 0.3 is 10.4 Å². The molecule has 1 aliphatic rings. The molecule has 0 saturated carbocycles. The van der Waals surface area contributed by atoms with Gasteiger partial charge in [0.1, 0.15) is 30.5 Å². The second-order valence-electron chi connectivity index (χ2n) is 13.0. The number of rotatable bonds is 29. The van der Waals surface area contributed by atoms with Crippen LogP contribution in [0.2, 0.25) is 0 Å². The number of unbranched alkanes of at least 4 members (excludes halogenated alkanes) is 16. The van der Waals surface area contributed by atoms with Crippen LogP contribution in [0.15, 0.2) is 12.2 Å². The molecular formula is C34H65NO12S. The van der Waals surface area contributed by atoms with E-state index in [0.717, 1.165) is 44.9 Å². The van der Waals surface area contributed by atoms with Gasteiger partial charge in [0.15, 0.2) is 6.29 Å². The van der Waals surface area contributed by atoms with Crippen molar-refractivity contribution < 1.29 is 57.0 Å². The Morgan fingerprint density at radius 2 is 1.35 bits per heavy atom. The van der Waals surface area contributed by atoms with Crippen LogP contribution in [-0.2, 0) is 28.9 Å². The Morgan fingerprint density at radius 3 is 1.88 bits per heavy atom. The minimum atomic E-state index is -5.10. The Morgan fingerprint density at radius 1 is 0.833 bits per heavy atom. The average molecular weight is 712 g/mol. The number of carbonyl (C=O) groups is 1. The Hall–Kier alpha value is -1.20. The summed E-state index contributed by atoms with van der Waals surface area (Å²) in [4.78, 5) is 12.9. The first kappa shape index (κ1) is 44.8. The van der Waals surface area contributed by atoms with Crippen molar-refractivity contribution in [1.29, 1.82) is 0 Å². The van der Waals surface area contributed by atoms with Gasteiger partial charge in [-0.25, -0.2) is 4.18 Å². The van der Waals surface area contributed by atoms with Crippen molar-refractivity contribution in [2.24, 2.45) is 0 Å². The predicted octanol–water partition coefficient (Wildman–Crippen LogP) is 3.84. The fourth-order valence-electron chi connectivity index (χ4n) is 5.69. The van der Waals surface area contributed by atoms with Crippen LogP contribution in [0.4, 0.5) is 0 Å². The highest BCUT2D eigenvalue weighted by Crippen LogP contribution is 2.26. The van der Waals surface area contributed by atoms with Gasteiger partial charge in [0.05, 0.1) is 25.4 Å². The molecule has 1 heterocycles. The Balaban J connectivity index is 2.73. The number of amides is 1. The van der Waals surface area contributed by atoms with E-state index in [4.69, 9.17) is 14.0 Å². The molecule has 0 aromatic heterocycles. The number of hydrogen-bond acceptors (Lipinski definition) is 11. The summed E-state index contributed by atoms with van der Waals surface area (Å²) in [5, 5.41) is 54.6. The molecule has 1 amide bonds. The van der Waals surface area contributed by atoms with E-state index < -0.39 is 78.5 Å². The third kappa shape index (κ3) is 19.9. The van der Waals surface area contributed by atoms with Crippen LogP contribution in [-0.4, -0.2) is 107 Å². The van der Waals surface area contributed by atoms with Gasteiger partial charge < -0.3 is 40.3 Å². The number of ether oxygens (including phenoxy) is 2. The van der Waals surface area contributed by atoms with Crippen molar-refractivity contribution >= 4 is 16.3 Å². The molecule has 8 unspecified atom stereocenters. The molecule has 284 valence electrons. The fourth-order valence-corrected chi connectivity index (χ4v) is 6.20. The highest BCUT2D eigenvalue weighted by Gasteiger charge is 2.48. The van der Waals surface area contributed by atoms with Crippen LogP contribution in [0, 0.1) is 0 Å². The van der Waals surface area contributed by atoms with Crippen LogP contribution < -0.4 is 5.32 Å². The van der Waals surface area contributed by atoms with Crippen LogP contribution in [0.5, 0.6) is 0 Å². The molecule has 1 aliphatic heterocycles. The zero-order chi connectivity index (χ0) is 35.8. The summed E-state index contributed by atoms with van der Waals surface area (Å²) >= 11 is 0. The second-order valence-corrected chi connectivity index (χ2v) is 14.0. The zero-order valence-corrected chi connectivity index (χ0v) is 30.0. The van der Waals surface area contributed by atoms with E-state index in [9.17, 15) is 38.7 Å². The summed E-state index contributed by atoms with van der Waals surface area (Å²) in [6, 6.07) is -1.11. The summed E-state index contributed by atoms with van der Waals surface area (Å²) in [6.07, 6.45) is 12.0. The van der Waals surface area contributed by atoms with Gasteiger partial charge in [0.25, 0.3) is 0 Å². The standard InChI is InChI=1S/C34H65NO12S/c1-3-5-7-9-11-13-14-15-17-19-21-23-28(38)33(41)35-26(27(37)22-20-18-16-12-10-8-6-4-2)25-45-34-31(40)32(47-48(42,43)44)30(39)29(24-36)46-34/h20,22,26-32,34,36-40H,3-19,21,23-25H2,1-2H3,(H,35,41)(H,42,43,44)/b22-20+. The predicted molar refractivity (Wildman–Crippen MR) is 182 cm³/mol. The van der Waals surface area contributed by atoms with Crippen molar-refractivity contribution in [2.45, 2.75) is 185 Å². The normalized spacial score (nSPS) is 23.7.